The minimum atomic E-state index is -0.412. The van der Waals surface area contributed by atoms with Gasteiger partial charge in [-0.2, -0.15) is 0 Å². The van der Waals surface area contributed by atoms with Gasteiger partial charge < -0.3 is 14.8 Å². The van der Waals surface area contributed by atoms with Crippen molar-refractivity contribution in [1.82, 2.24) is 0 Å². The Morgan fingerprint density at radius 3 is 2.25 bits per heavy atom. The van der Waals surface area contributed by atoms with Gasteiger partial charge in [0.15, 0.2) is 0 Å². The van der Waals surface area contributed by atoms with E-state index >= 15 is 0 Å². The number of nitrogens with zero attached hydrogens (tertiary/aromatic N) is 1. The summed E-state index contributed by atoms with van der Waals surface area (Å²) in [5.74, 6) is 0.552. The van der Waals surface area contributed by atoms with E-state index in [0.717, 1.165) is 5.56 Å². The van der Waals surface area contributed by atoms with Gasteiger partial charge in [-0.25, -0.2) is 4.90 Å². The van der Waals surface area contributed by atoms with Crippen LogP contribution in [0, 0.1) is 6.92 Å². The third-order valence-corrected chi connectivity index (χ3v) is 5.17. The Kier molecular flexibility index (Phi) is 5.94. The van der Waals surface area contributed by atoms with Crippen LogP contribution in [-0.4, -0.2) is 25.5 Å². The van der Waals surface area contributed by atoms with Gasteiger partial charge >= 0.3 is 0 Å². The fourth-order valence-corrected chi connectivity index (χ4v) is 3.57. The molecule has 0 saturated heterocycles. The third-order valence-electron chi connectivity index (χ3n) is 5.17. The van der Waals surface area contributed by atoms with Crippen LogP contribution < -0.4 is 19.7 Å². The number of aryl methyl sites for hydroxylation is 1. The highest BCUT2D eigenvalue weighted by atomic mass is 16.5. The van der Waals surface area contributed by atoms with E-state index in [4.69, 9.17) is 9.47 Å². The lowest BCUT2D eigenvalue weighted by molar-refractivity contribution is -0.120. The van der Waals surface area contributed by atoms with Gasteiger partial charge in [0.25, 0.3) is 11.8 Å². The molecule has 0 bridgehead atoms. The van der Waals surface area contributed by atoms with E-state index in [2.05, 4.69) is 5.32 Å². The lowest BCUT2D eigenvalue weighted by atomic mass is 10.0. The summed E-state index contributed by atoms with van der Waals surface area (Å²) < 4.78 is 10.8. The van der Waals surface area contributed by atoms with Gasteiger partial charge in [-0.05, 0) is 55.8 Å². The molecule has 0 atom stereocenters. The normalized spacial score (nSPS) is 13.5. The van der Waals surface area contributed by atoms with Crippen LogP contribution in [0.4, 0.5) is 11.4 Å². The Bertz CT molecular complexity index is 1180. The van der Waals surface area contributed by atoms with E-state index in [1.54, 1.807) is 49.6 Å². The fraction of sp³-hybridized carbons (Fsp3) is 0.154. The molecule has 0 fully saturated rings. The van der Waals surface area contributed by atoms with E-state index in [-0.39, 0.29) is 11.6 Å². The number of carbonyl (C=O) groups excluding carboxylic acids is 2. The number of nitrogens with one attached hydrogen (secondary N) is 1. The molecule has 1 aliphatic rings. The summed E-state index contributed by atoms with van der Waals surface area (Å²) in [5.41, 5.74) is 3.37. The zero-order valence-electron chi connectivity index (χ0n) is 18.2. The van der Waals surface area contributed by atoms with Gasteiger partial charge in [0.1, 0.15) is 17.2 Å². The molecule has 1 N–H and O–H groups in total. The van der Waals surface area contributed by atoms with Gasteiger partial charge in [-0.3, -0.25) is 9.59 Å². The SMILES string of the molecule is CCOc1ccc(C2=C(Nc3cccc(OC)c3)C(=O)N(c3ccc(C)cc3)C2=O)cc1. The monoisotopic (exact) mass is 428 g/mol. The van der Waals surface area contributed by atoms with Crippen molar-refractivity contribution in [2.75, 3.05) is 23.9 Å². The van der Waals surface area contributed by atoms with Gasteiger partial charge in [0, 0.05) is 11.8 Å². The summed E-state index contributed by atoms with van der Waals surface area (Å²) in [6.07, 6.45) is 0. The second-order valence-corrected chi connectivity index (χ2v) is 7.35. The first-order valence-corrected chi connectivity index (χ1v) is 10.4. The van der Waals surface area contributed by atoms with E-state index in [9.17, 15) is 9.59 Å². The van der Waals surface area contributed by atoms with Gasteiger partial charge in [0.05, 0.1) is 25.0 Å². The molecule has 1 heterocycles. The molecule has 2 amide bonds. The molecule has 162 valence electrons. The third kappa shape index (κ3) is 4.07. The topological polar surface area (TPSA) is 67.9 Å². The molecule has 0 aromatic heterocycles. The summed E-state index contributed by atoms with van der Waals surface area (Å²) in [5, 5.41) is 3.15. The highest BCUT2D eigenvalue weighted by molar-refractivity contribution is 6.46. The zero-order valence-corrected chi connectivity index (χ0v) is 18.2. The zero-order chi connectivity index (χ0) is 22.7. The highest BCUT2D eigenvalue weighted by Gasteiger charge is 2.40. The fourth-order valence-electron chi connectivity index (χ4n) is 3.57. The average Bonchev–Trinajstić information content (AvgIpc) is 3.05. The van der Waals surface area contributed by atoms with Crippen LogP contribution in [0.25, 0.3) is 5.57 Å². The van der Waals surface area contributed by atoms with Gasteiger partial charge in [-0.1, -0.05) is 35.9 Å². The molecule has 3 aromatic carbocycles. The number of rotatable bonds is 7. The van der Waals surface area contributed by atoms with Crippen LogP contribution in [0.15, 0.2) is 78.5 Å². The van der Waals surface area contributed by atoms with Crippen LogP contribution in [0.5, 0.6) is 11.5 Å². The number of hydrogen-bond acceptors (Lipinski definition) is 5. The van der Waals surface area contributed by atoms with Gasteiger partial charge in [-0.15, -0.1) is 0 Å². The number of ether oxygens (including phenoxy) is 2. The number of amides is 2. The molecule has 0 aliphatic carbocycles. The Labute approximate surface area is 187 Å². The van der Waals surface area contributed by atoms with E-state index < -0.39 is 5.91 Å². The van der Waals surface area contributed by atoms with Crippen LogP contribution in [0.1, 0.15) is 18.1 Å². The minimum Gasteiger partial charge on any atom is -0.497 e. The lowest BCUT2D eigenvalue weighted by Crippen LogP contribution is -2.32. The van der Waals surface area contributed by atoms with E-state index in [0.29, 0.717) is 40.6 Å². The maximum absolute atomic E-state index is 13.5. The predicted molar refractivity (Wildman–Crippen MR) is 125 cm³/mol. The molecule has 4 rings (SSSR count). The van der Waals surface area contributed by atoms with Gasteiger partial charge in [0.2, 0.25) is 0 Å². The maximum atomic E-state index is 13.5. The van der Waals surface area contributed by atoms with Crippen molar-refractivity contribution in [2.45, 2.75) is 13.8 Å². The second-order valence-electron chi connectivity index (χ2n) is 7.35. The smallest absolute Gasteiger partial charge is 0.282 e. The lowest BCUT2D eigenvalue weighted by Gasteiger charge is -2.15. The molecular weight excluding hydrogens is 404 g/mol. The molecule has 32 heavy (non-hydrogen) atoms. The summed E-state index contributed by atoms with van der Waals surface area (Å²) in [4.78, 5) is 28.1. The maximum Gasteiger partial charge on any atom is 0.282 e. The molecule has 6 heteroatoms. The number of carbonyl (C=O) groups is 2. The number of anilines is 2. The van der Waals surface area contributed by atoms with E-state index in [1.807, 2.05) is 44.2 Å². The molecular formula is C26H24N2O4. The minimum absolute atomic E-state index is 0.216. The van der Waals surface area contributed by atoms with Crippen LogP contribution >= 0.6 is 0 Å². The summed E-state index contributed by atoms with van der Waals surface area (Å²) in [6.45, 7) is 4.41. The molecule has 6 nitrogen and oxygen atoms in total. The molecule has 3 aromatic rings. The van der Waals surface area contributed by atoms with Crippen molar-refractivity contribution in [3.8, 4) is 11.5 Å². The molecule has 0 spiro atoms. The van der Waals surface area contributed by atoms with E-state index in [1.165, 1.54) is 4.90 Å². The number of benzene rings is 3. The Balaban J connectivity index is 1.78. The van der Waals surface area contributed by atoms with Crippen molar-refractivity contribution >= 4 is 28.8 Å². The van der Waals surface area contributed by atoms with Crippen LogP contribution in [0.3, 0.4) is 0 Å². The largest absolute Gasteiger partial charge is 0.497 e. The quantitative estimate of drug-likeness (QED) is 0.548. The molecule has 0 unspecified atom stereocenters. The molecule has 1 aliphatic heterocycles. The first kappa shape index (κ1) is 21.2. The summed E-state index contributed by atoms with van der Waals surface area (Å²) in [7, 11) is 1.58. The summed E-state index contributed by atoms with van der Waals surface area (Å²) >= 11 is 0. The average molecular weight is 428 g/mol. The number of methoxy groups -OCH3 is 1. The van der Waals surface area contributed by atoms with Crippen molar-refractivity contribution < 1.29 is 19.1 Å². The Morgan fingerprint density at radius 2 is 1.59 bits per heavy atom. The second kappa shape index (κ2) is 8.98. The van der Waals surface area contributed by atoms with Crippen LogP contribution in [-0.2, 0) is 9.59 Å². The van der Waals surface area contributed by atoms with Crippen molar-refractivity contribution in [2.24, 2.45) is 0 Å². The standard InChI is InChI=1S/C26H24N2O4/c1-4-32-21-14-10-18(11-15-21)23-24(27-19-6-5-7-22(16-19)31-3)26(30)28(25(23)29)20-12-8-17(2)9-13-20/h5-16,27H,4H2,1-3H3. The first-order chi connectivity index (χ1) is 15.5. The predicted octanol–water partition coefficient (Wildman–Crippen LogP) is 4.80. The highest BCUT2D eigenvalue weighted by Crippen LogP contribution is 2.34. The number of imide groups is 1. The molecule has 0 saturated carbocycles. The summed E-state index contributed by atoms with van der Waals surface area (Å²) in [6, 6.07) is 21.7. The Morgan fingerprint density at radius 1 is 0.875 bits per heavy atom. The number of hydrogen-bond donors (Lipinski definition) is 1. The van der Waals surface area contributed by atoms with Crippen molar-refractivity contribution in [3.63, 3.8) is 0 Å². The van der Waals surface area contributed by atoms with Crippen molar-refractivity contribution in [3.05, 3.63) is 89.6 Å². The molecule has 0 radical (unpaired) electrons. The van der Waals surface area contributed by atoms with Crippen LogP contribution in [0.2, 0.25) is 0 Å². The van der Waals surface area contributed by atoms with Crippen molar-refractivity contribution in [1.29, 1.82) is 0 Å². The Hall–Kier alpha value is -4.06. The first-order valence-electron chi connectivity index (χ1n) is 10.4.